The highest BCUT2D eigenvalue weighted by Gasteiger charge is 2.05. The molecule has 0 bridgehead atoms. The summed E-state index contributed by atoms with van der Waals surface area (Å²) in [5.74, 6) is -0.179. The number of rotatable bonds is 5. The molecule has 0 saturated carbocycles. The van der Waals surface area contributed by atoms with E-state index < -0.39 is 5.97 Å². The Morgan fingerprint density at radius 3 is 3.17 bits per heavy atom. The van der Waals surface area contributed by atoms with Gasteiger partial charge in [0.1, 0.15) is 0 Å². The van der Waals surface area contributed by atoms with Crippen molar-refractivity contribution in [3.05, 3.63) is 28.0 Å². The van der Waals surface area contributed by atoms with E-state index in [1.165, 1.54) is 0 Å². The highest BCUT2D eigenvalue weighted by atomic mass is 32.2. The van der Waals surface area contributed by atoms with Crippen molar-refractivity contribution >= 4 is 35.1 Å². The van der Waals surface area contributed by atoms with Crippen LogP contribution in [0.25, 0.3) is 6.08 Å². The molecule has 0 spiro atoms. The van der Waals surface area contributed by atoms with Gasteiger partial charge in [-0.15, -0.1) is 16.4 Å². The number of tetrazole rings is 1. The minimum Gasteiger partial charge on any atom is -0.478 e. The van der Waals surface area contributed by atoms with Gasteiger partial charge in [-0.05, 0) is 33.5 Å². The third-order valence-corrected chi connectivity index (χ3v) is 4.21. The lowest BCUT2D eigenvalue weighted by Crippen LogP contribution is -1.92. The molecule has 94 valence electrons. The Hall–Kier alpha value is -1.67. The first-order chi connectivity index (χ1) is 8.65. The van der Waals surface area contributed by atoms with Crippen molar-refractivity contribution in [2.45, 2.75) is 10.9 Å². The average molecular weight is 282 g/mol. The monoisotopic (exact) mass is 282 g/mol. The molecule has 2 aromatic heterocycles. The average Bonchev–Trinajstić information content (AvgIpc) is 2.93. The summed E-state index contributed by atoms with van der Waals surface area (Å²) < 4.78 is 1.61. The van der Waals surface area contributed by atoms with Crippen LogP contribution in [-0.4, -0.2) is 31.3 Å². The van der Waals surface area contributed by atoms with Gasteiger partial charge in [-0.2, -0.15) is 0 Å². The molecule has 0 unspecified atom stereocenters. The summed E-state index contributed by atoms with van der Waals surface area (Å²) in [4.78, 5) is 11.5. The van der Waals surface area contributed by atoms with E-state index >= 15 is 0 Å². The molecule has 0 aliphatic heterocycles. The first-order valence-electron chi connectivity index (χ1n) is 4.99. The second-order valence-corrected chi connectivity index (χ2v) is 5.33. The number of carboxylic acid groups (broad SMARTS) is 1. The Bertz CT molecular complexity index is 576. The molecule has 8 heteroatoms. The molecule has 2 heterocycles. The molecule has 18 heavy (non-hydrogen) atoms. The van der Waals surface area contributed by atoms with Crippen molar-refractivity contribution in [3.8, 4) is 0 Å². The Morgan fingerprint density at radius 2 is 2.50 bits per heavy atom. The number of carbonyl (C=O) groups is 1. The molecule has 0 amide bonds. The van der Waals surface area contributed by atoms with E-state index in [-0.39, 0.29) is 0 Å². The number of carboxylic acids is 1. The summed E-state index contributed by atoms with van der Waals surface area (Å²) in [6.07, 6.45) is 2.71. The molecule has 2 rings (SSSR count). The van der Waals surface area contributed by atoms with Crippen LogP contribution < -0.4 is 0 Å². The molecule has 0 atom stereocenters. The number of nitrogens with zero attached hydrogens (tertiary/aromatic N) is 4. The first kappa shape index (κ1) is 12.8. The van der Waals surface area contributed by atoms with Crippen molar-refractivity contribution in [1.29, 1.82) is 0 Å². The van der Waals surface area contributed by atoms with Crippen molar-refractivity contribution in [2.24, 2.45) is 7.05 Å². The number of aryl methyl sites for hydroxylation is 1. The number of thiophene rings is 1. The van der Waals surface area contributed by atoms with Gasteiger partial charge in [0.25, 0.3) is 0 Å². The van der Waals surface area contributed by atoms with Crippen LogP contribution in [0.15, 0.2) is 22.7 Å². The summed E-state index contributed by atoms with van der Waals surface area (Å²) in [6, 6.07) is 1.96. The molecule has 6 nitrogen and oxygen atoms in total. The zero-order valence-corrected chi connectivity index (χ0v) is 11.1. The van der Waals surface area contributed by atoms with Gasteiger partial charge in [0, 0.05) is 23.8 Å². The van der Waals surface area contributed by atoms with Crippen LogP contribution in [-0.2, 0) is 17.6 Å². The number of aliphatic carboxylic acids is 1. The van der Waals surface area contributed by atoms with E-state index in [9.17, 15) is 4.79 Å². The second kappa shape index (κ2) is 5.78. The normalized spacial score (nSPS) is 11.2. The largest absolute Gasteiger partial charge is 0.478 e. The van der Waals surface area contributed by atoms with Gasteiger partial charge in [-0.25, -0.2) is 9.48 Å². The van der Waals surface area contributed by atoms with Gasteiger partial charge in [0.2, 0.25) is 5.16 Å². The van der Waals surface area contributed by atoms with E-state index in [1.807, 2.05) is 11.4 Å². The summed E-state index contributed by atoms with van der Waals surface area (Å²) >= 11 is 3.13. The van der Waals surface area contributed by atoms with Gasteiger partial charge < -0.3 is 5.11 Å². The molecule has 1 N–H and O–H groups in total. The Balaban J connectivity index is 1.95. The maximum Gasteiger partial charge on any atom is 0.328 e. The van der Waals surface area contributed by atoms with Crippen LogP contribution in [0.4, 0.5) is 0 Å². The number of hydrogen-bond acceptors (Lipinski definition) is 6. The van der Waals surface area contributed by atoms with E-state index in [0.29, 0.717) is 0 Å². The third kappa shape index (κ3) is 3.41. The van der Waals surface area contributed by atoms with Crippen molar-refractivity contribution in [3.63, 3.8) is 0 Å². The topological polar surface area (TPSA) is 80.9 Å². The summed E-state index contributed by atoms with van der Waals surface area (Å²) in [5, 5.41) is 22.4. The van der Waals surface area contributed by atoms with Crippen LogP contribution in [0, 0.1) is 0 Å². The lowest BCUT2D eigenvalue weighted by atomic mass is 10.3. The van der Waals surface area contributed by atoms with Crippen LogP contribution in [0.2, 0.25) is 0 Å². The van der Waals surface area contributed by atoms with Crippen molar-refractivity contribution in [1.82, 2.24) is 20.2 Å². The maximum absolute atomic E-state index is 10.4. The first-order valence-corrected chi connectivity index (χ1v) is 6.85. The van der Waals surface area contributed by atoms with Crippen LogP contribution >= 0.6 is 23.1 Å². The number of hydrogen-bond donors (Lipinski definition) is 1. The SMILES string of the molecule is Cn1nnnc1SCc1cc(C=CC(=O)O)cs1. The predicted molar refractivity (Wildman–Crippen MR) is 69.3 cm³/mol. The van der Waals surface area contributed by atoms with Gasteiger partial charge >= 0.3 is 5.97 Å². The minimum absolute atomic E-state index is 0.756. The molecule has 0 fully saturated rings. The van der Waals surface area contributed by atoms with Gasteiger partial charge in [0.05, 0.1) is 0 Å². The molecule has 0 aliphatic carbocycles. The van der Waals surface area contributed by atoms with Crippen LogP contribution in [0.5, 0.6) is 0 Å². The second-order valence-electron chi connectivity index (χ2n) is 3.39. The molecule has 0 saturated heterocycles. The standard InChI is InChI=1S/C10H10N4O2S2/c1-14-10(11-12-13-14)18-6-8-4-7(5-17-8)2-3-9(15)16/h2-5H,6H2,1H3,(H,15,16). The number of aromatic nitrogens is 4. The van der Waals surface area contributed by atoms with Gasteiger partial charge in [-0.1, -0.05) is 11.8 Å². The molecule has 2 aromatic rings. The van der Waals surface area contributed by atoms with E-state index in [0.717, 1.165) is 27.4 Å². The van der Waals surface area contributed by atoms with Gasteiger partial charge in [0.15, 0.2) is 0 Å². The lowest BCUT2D eigenvalue weighted by Gasteiger charge is -1.95. The highest BCUT2D eigenvalue weighted by molar-refractivity contribution is 7.98. The Morgan fingerprint density at radius 1 is 1.67 bits per heavy atom. The fraction of sp³-hybridized carbons (Fsp3) is 0.200. The molecule has 0 aromatic carbocycles. The van der Waals surface area contributed by atoms with E-state index in [1.54, 1.807) is 40.9 Å². The van der Waals surface area contributed by atoms with Crippen molar-refractivity contribution < 1.29 is 9.90 Å². The van der Waals surface area contributed by atoms with E-state index in [2.05, 4.69) is 15.5 Å². The fourth-order valence-corrected chi connectivity index (χ4v) is 2.97. The molecule has 0 radical (unpaired) electrons. The quantitative estimate of drug-likeness (QED) is 0.663. The summed E-state index contributed by atoms with van der Waals surface area (Å²) in [5.41, 5.74) is 0.897. The zero-order chi connectivity index (χ0) is 13.0. The van der Waals surface area contributed by atoms with Gasteiger partial charge in [-0.3, -0.25) is 0 Å². The molecular formula is C10H10N4O2S2. The number of thioether (sulfide) groups is 1. The fourth-order valence-electron chi connectivity index (χ4n) is 1.21. The highest BCUT2D eigenvalue weighted by Crippen LogP contribution is 2.24. The van der Waals surface area contributed by atoms with Crippen LogP contribution in [0.1, 0.15) is 10.4 Å². The smallest absolute Gasteiger partial charge is 0.328 e. The minimum atomic E-state index is -0.942. The predicted octanol–water partition coefficient (Wildman–Crippen LogP) is 1.66. The summed E-state index contributed by atoms with van der Waals surface area (Å²) in [7, 11) is 1.79. The Labute approximate surface area is 111 Å². The molecule has 0 aliphatic rings. The van der Waals surface area contributed by atoms with Crippen LogP contribution in [0.3, 0.4) is 0 Å². The molecular weight excluding hydrogens is 272 g/mol. The summed E-state index contributed by atoms with van der Waals surface area (Å²) in [6.45, 7) is 0. The lowest BCUT2D eigenvalue weighted by molar-refractivity contribution is -0.131. The zero-order valence-electron chi connectivity index (χ0n) is 9.48. The maximum atomic E-state index is 10.4. The third-order valence-electron chi connectivity index (χ3n) is 2.02. The van der Waals surface area contributed by atoms with E-state index in [4.69, 9.17) is 5.11 Å². The van der Waals surface area contributed by atoms with Crippen molar-refractivity contribution in [2.75, 3.05) is 0 Å². The Kier molecular flexibility index (Phi) is 4.11.